The van der Waals surface area contributed by atoms with Gasteiger partial charge in [-0.05, 0) is 187 Å². The number of ketones is 3. The maximum absolute atomic E-state index is 11.8. The molecular weight excluding hydrogens is 1080 g/mol. The molecule has 16 heteroatoms. The van der Waals surface area contributed by atoms with Crippen LogP contribution in [-0.2, 0) is 65.4 Å². The molecule has 10 aliphatic rings. The van der Waals surface area contributed by atoms with Crippen LogP contribution in [0.3, 0.4) is 0 Å². The van der Waals surface area contributed by atoms with Gasteiger partial charge in [0.15, 0.2) is 5.78 Å². The van der Waals surface area contributed by atoms with Gasteiger partial charge in [0.05, 0.1) is 38.4 Å². The SMILES string of the molecule is CCOC(=O)C1C(=O)CC2CCCC1C2.CCOC(=O)C[C@H]1CCC[C@@H](CC(=O)OCC)C1.NC1C[C@H]2CCC[C@@H](C1)C2.O=C(O)Cc1cccc(CC(=O)O)c1.O=C1C=CCCC1.O=C1CC2CCCC(C1)C2.ON=C1CC2CCCC(C1)C2. The van der Waals surface area contributed by atoms with Gasteiger partial charge in [-0.15, -0.1) is 0 Å². The summed E-state index contributed by atoms with van der Waals surface area (Å²) in [5, 5.41) is 29.0. The van der Waals surface area contributed by atoms with Crippen LogP contribution in [-0.4, -0.2) is 94.2 Å². The van der Waals surface area contributed by atoms with Crippen LogP contribution in [0.25, 0.3) is 0 Å². The van der Waals surface area contributed by atoms with Crippen LogP contribution in [0.4, 0.5) is 0 Å². The lowest BCUT2D eigenvalue weighted by atomic mass is 9.66. The number of fused-ring (bicyclic) bond motifs is 8. The van der Waals surface area contributed by atoms with Crippen molar-refractivity contribution in [2.24, 2.45) is 76.0 Å². The van der Waals surface area contributed by atoms with Gasteiger partial charge in [-0.1, -0.05) is 113 Å². The topological polar surface area (TPSA) is 263 Å². The Kier molecular flexibility index (Phi) is 32.2. The molecule has 0 amide bonds. The Labute approximate surface area is 507 Å². The minimum atomic E-state index is -0.919. The second-order valence-electron chi connectivity index (χ2n) is 26.3. The van der Waals surface area contributed by atoms with E-state index >= 15 is 0 Å². The van der Waals surface area contributed by atoms with Gasteiger partial charge < -0.3 is 35.4 Å². The van der Waals surface area contributed by atoms with Crippen molar-refractivity contribution in [1.82, 2.24) is 0 Å². The molecule has 16 nitrogen and oxygen atoms in total. The quantitative estimate of drug-likeness (QED) is 0.0498. The zero-order valence-corrected chi connectivity index (χ0v) is 51.9. The molecule has 9 fully saturated rings. The highest BCUT2D eigenvalue weighted by molar-refractivity contribution is 6.00. The smallest absolute Gasteiger partial charge is 0.316 e. The number of carbonyl (C=O) groups is 8. The minimum Gasteiger partial charge on any atom is -0.481 e. The fourth-order valence-electron chi connectivity index (χ4n) is 15.5. The number of rotatable bonds is 12. The molecule has 1 aromatic carbocycles. The molecule has 476 valence electrons. The number of allylic oxidation sites excluding steroid dienone is 2. The van der Waals surface area contributed by atoms with E-state index in [0.29, 0.717) is 79.8 Å². The molecule has 0 aromatic heterocycles. The van der Waals surface area contributed by atoms with Gasteiger partial charge in [-0.3, -0.25) is 38.4 Å². The van der Waals surface area contributed by atoms with E-state index < -0.39 is 17.9 Å². The Hall–Kier alpha value is -5.25. The Morgan fingerprint density at radius 1 is 0.553 bits per heavy atom. The van der Waals surface area contributed by atoms with E-state index in [2.05, 4.69) is 5.16 Å². The first-order valence-corrected chi connectivity index (χ1v) is 33.1. The van der Waals surface area contributed by atoms with E-state index in [4.69, 9.17) is 35.4 Å². The second-order valence-corrected chi connectivity index (χ2v) is 26.3. The van der Waals surface area contributed by atoms with E-state index in [0.717, 1.165) is 131 Å². The summed E-state index contributed by atoms with van der Waals surface area (Å²) in [4.78, 5) is 88.6. The van der Waals surface area contributed by atoms with Crippen LogP contribution in [0.1, 0.15) is 237 Å². The maximum atomic E-state index is 11.8. The number of carbonyl (C=O) groups excluding carboxylic acids is 6. The number of ether oxygens (including phenoxy) is 3. The van der Waals surface area contributed by atoms with E-state index in [1.807, 2.05) is 19.9 Å². The summed E-state index contributed by atoms with van der Waals surface area (Å²) in [5.74, 6) is 4.94. The number of esters is 3. The lowest BCUT2D eigenvalue weighted by molar-refractivity contribution is -0.157. The average molecular weight is 1190 g/mol. The second kappa shape index (κ2) is 38.8. The van der Waals surface area contributed by atoms with Gasteiger partial charge in [-0.25, -0.2) is 0 Å². The molecule has 11 rings (SSSR count). The van der Waals surface area contributed by atoms with Gasteiger partial charge in [0.2, 0.25) is 0 Å². The summed E-state index contributed by atoms with van der Waals surface area (Å²) in [5.41, 5.74) is 8.22. The first-order valence-electron chi connectivity index (χ1n) is 33.1. The number of carboxylic acids is 2. The van der Waals surface area contributed by atoms with E-state index in [1.165, 1.54) is 96.3 Å². The van der Waals surface area contributed by atoms with E-state index in [9.17, 15) is 38.4 Å². The third kappa shape index (κ3) is 27.6. The maximum Gasteiger partial charge on any atom is 0.316 e. The van der Waals surface area contributed by atoms with Crippen molar-refractivity contribution in [3.05, 3.63) is 47.5 Å². The van der Waals surface area contributed by atoms with Crippen molar-refractivity contribution in [2.45, 2.75) is 245 Å². The highest BCUT2D eigenvalue weighted by Crippen LogP contribution is 2.43. The third-order valence-electron chi connectivity index (χ3n) is 19.1. The van der Waals surface area contributed by atoms with E-state index in [1.54, 1.807) is 37.3 Å². The van der Waals surface area contributed by atoms with Gasteiger partial charge >= 0.3 is 29.8 Å². The fraction of sp³-hybridized carbons (Fsp3) is 0.754. The summed E-state index contributed by atoms with van der Waals surface area (Å²) < 4.78 is 14.9. The van der Waals surface area contributed by atoms with Crippen molar-refractivity contribution in [2.75, 3.05) is 19.8 Å². The van der Waals surface area contributed by atoms with Crippen molar-refractivity contribution in [3.8, 4) is 0 Å². The Morgan fingerprint density at radius 2 is 1.01 bits per heavy atom. The third-order valence-corrected chi connectivity index (χ3v) is 19.1. The molecule has 85 heavy (non-hydrogen) atoms. The molecule has 12 atom stereocenters. The van der Waals surface area contributed by atoms with Crippen LogP contribution >= 0.6 is 0 Å². The molecule has 10 aliphatic carbocycles. The number of hydrogen-bond donors (Lipinski definition) is 4. The molecule has 0 spiro atoms. The summed E-state index contributed by atoms with van der Waals surface area (Å²) in [6.07, 6.45) is 39.8. The number of oxime groups is 1. The predicted molar refractivity (Wildman–Crippen MR) is 327 cm³/mol. The normalized spacial score (nSPS) is 29.4. The molecule has 0 saturated heterocycles. The van der Waals surface area contributed by atoms with Crippen molar-refractivity contribution in [3.63, 3.8) is 0 Å². The van der Waals surface area contributed by atoms with Crippen LogP contribution in [0.15, 0.2) is 41.6 Å². The van der Waals surface area contributed by atoms with Gasteiger partial charge in [-0.2, -0.15) is 0 Å². The number of hydrogen-bond acceptors (Lipinski definition) is 14. The molecular formula is C69H106N2O14. The minimum absolute atomic E-state index is 0.0759. The number of benzene rings is 1. The van der Waals surface area contributed by atoms with Crippen molar-refractivity contribution in [1.29, 1.82) is 0 Å². The molecule has 0 radical (unpaired) electrons. The van der Waals surface area contributed by atoms with E-state index in [-0.39, 0.29) is 48.2 Å². The molecule has 8 bridgehead atoms. The first-order chi connectivity index (χ1) is 40.9. The first kappa shape index (κ1) is 70.5. The summed E-state index contributed by atoms with van der Waals surface area (Å²) in [6, 6.07) is 7.14. The molecule has 5 N–H and O–H groups in total. The molecule has 9 saturated carbocycles. The molecule has 8 unspecified atom stereocenters. The average Bonchev–Trinajstić information content (AvgIpc) is 3.56. The zero-order chi connectivity index (χ0) is 61.5. The summed E-state index contributed by atoms with van der Waals surface area (Å²) in [7, 11) is 0. The van der Waals surface area contributed by atoms with Crippen molar-refractivity contribution < 1.29 is 68.0 Å². The number of nitrogens with zero attached hydrogens (tertiary/aromatic N) is 1. The Balaban J connectivity index is 0.000000184. The standard InChI is InChI=1S/C14H24O4.C12H18O3.C10H10O4.C9H15NO.C9H17N.C9H14O.C6H8O/c1-3-17-13(15)9-11-6-5-7-12(8-11)10-14(16)18-4-2;1-2-15-12(14)11-9-5-3-4-8(6-9)7-10(11)13;11-9(12)5-7-2-1-3-8(4-7)6-10(13)14;11-10-9-5-7-2-1-3-8(4-7)6-9;2*10-9-5-7-2-1-3-8(4-7)6-9;7-6-4-2-1-3-5-6/h11-12H,3-10H2,1-2H3;8-9,11H,2-7H2,1H3;1-4H,5-6H2,(H,11,12)(H,13,14);7-8,11H,1-6H2;7-9H,1-6,10H2;7-8H,1-6H2;2,4H,1,3,5H2/t11-,12+;;;;7-,8+,9?;;. The van der Waals surface area contributed by atoms with Gasteiger partial charge in [0, 0.05) is 44.6 Å². The molecule has 0 heterocycles. The van der Waals surface area contributed by atoms with Gasteiger partial charge in [0.1, 0.15) is 17.5 Å². The predicted octanol–water partition coefficient (Wildman–Crippen LogP) is 13.4. The zero-order valence-electron chi connectivity index (χ0n) is 51.9. The lowest BCUT2D eigenvalue weighted by Gasteiger charge is -2.37. The van der Waals surface area contributed by atoms with Crippen molar-refractivity contribution >= 4 is 52.9 Å². The van der Waals surface area contributed by atoms with Crippen LogP contribution in [0.5, 0.6) is 0 Å². The number of carboxylic acid groups (broad SMARTS) is 2. The van der Waals surface area contributed by atoms with Crippen LogP contribution in [0.2, 0.25) is 0 Å². The van der Waals surface area contributed by atoms with Crippen LogP contribution in [0, 0.1) is 65.1 Å². The largest absolute Gasteiger partial charge is 0.481 e. The Morgan fingerprint density at radius 3 is 1.46 bits per heavy atom. The molecule has 1 aromatic rings. The monoisotopic (exact) mass is 1190 g/mol. The number of nitrogens with two attached hydrogens (primary N) is 1. The molecule has 0 aliphatic heterocycles. The highest BCUT2D eigenvalue weighted by atomic mass is 16.5. The summed E-state index contributed by atoms with van der Waals surface area (Å²) in [6.45, 7) is 6.69. The number of Topliss-reactive ketones (excluding diaryl/α,β-unsaturated/α-hetero) is 2. The Bertz CT molecular complexity index is 2220. The van der Waals surface area contributed by atoms with Crippen LogP contribution < -0.4 is 5.73 Å². The lowest BCUT2D eigenvalue weighted by Crippen LogP contribution is -2.41. The highest BCUT2D eigenvalue weighted by Gasteiger charge is 2.43. The number of aliphatic carboxylic acids is 2. The summed E-state index contributed by atoms with van der Waals surface area (Å²) >= 11 is 0. The fourth-order valence-corrected chi connectivity index (χ4v) is 15.5. The van der Waals surface area contributed by atoms with Gasteiger partial charge in [0.25, 0.3) is 0 Å².